The van der Waals surface area contributed by atoms with E-state index in [-0.39, 0.29) is 24.0 Å². The minimum absolute atomic E-state index is 0. The lowest BCUT2D eigenvalue weighted by atomic mass is 10.2. The maximum Gasteiger partial charge on any atom is 0.194 e. The Bertz CT molecular complexity index is 544. The number of aromatic nitrogens is 3. The van der Waals surface area contributed by atoms with Crippen LogP contribution in [0.15, 0.2) is 11.3 Å². The van der Waals surface area contributed by atoms with E-state index < -0.39 is 0 Å². The molecule has 142 valence electrons. The van der Waals surface area contributed by atoms with Crippen molar-refractivity contribution < 1.29 is 4.74 Å². The number of aliphatic imine (C=N–C) groups is 1. The second-order valence-electron chi connectivity index (χ2n) is 6.24. The minimum atomic E-state index is 0. The van der Waals surface area contributed by atoms with Crippen LogP contribution in [0.25, 0.3) is 0 Å². The molecule has 9 heteroatoms. The van der Waals surface area contributed by atoms with Crippen molar-refractivity contribution in [2.75, 3.05) is 45.9 Å². The fraction of sp³-hybridized carbons (Fsp3) is 0.812. The van der Waals surface area contributed by atoms with Crippen molar-refractivity contribution in [1.82, 2.24) is 29.9 Å². The van der Waals surface area contributed by atoms with Gasteiger partial charge in [0.1, 0.15) is 12.9 Å². The third-order valence-corrected chi connectivity index (χ3v) is 4.77. The molecular formula is C16H30IN7O. The first-order valence-corrected chi connectivity index (χ1v) is 9.03. The molecule has 25 heavy (non-hydrogen) atoms. The summed E-state index contributed by atoms with van der Waals surface area (Å²) in [5.74, 6) is 1.90. The summed E-state index contributed by atoms with van der Waals surface area (Å²) < 4.78 is 7.50. The van der Waals surface area contributed by atoms with E-state index in [0.717, 1.165) is 64.3 Å². The van der Waals surface area contributed by atoms with Crippen LogP contribution in [-0.4, -0.2) is 82.5 Å². The van der Waals surface area contributed by atoms with Gasteiger partial charge in [-0.2, -0.15) is 0 Å². The number of ether oxygens (including phenoxy) is 1. The molecule has 0 radical (unpaired) electrons. The van der Waals surface area contributed by atoms with Gasteiger partial charge < -0.3 is 19.5 Å². The number of guanidine groups is 1. The number of nitrogens with zero attached hydrogens (tertiary/aromatic N) is 6. The lowest BCUT2D eigenvalue weighted by molar-refractivity contribution is 0.0195. The third-order valence-electron chi connectivity index (χ3n) is 4.77. The van der Waals surface area contributed by atoms with E-state index in [1.807, 2.05) is 4.57 Å². The molecule has 0 amide bonds. The molecule has 2 aliphatic rings. The Hall–Kier alpha value is -0.940. The summed E-state index contributed by atoms with van der Waals surface area (Å²) in [5, 5.41) is 11.6. The van der Waals surface area contributed by atoms with Gasteiger partial charge in [0.05, 0.1) is 13.2 Å². The molecule has 0 aromatic carbocycles. The molecule has 0 saturated carbocycles. The Balaban J connectivity index is 0.00000225. The molecule has 0 bridgehead atoms. The maximum atomic E-state index is 5.47. The van der Waals surface area contributed by atoms with Crippen LogP contribution in [0.2, 0.25) is 0 Å². The van der Waals surface area contributed by atoms with E-state index in [0.29, 0.717) is 12.6 Å². The number of hydrogen-bond donors (Lipinski definition) is 1. The van der Waals surface area contributed by atoms with Crippen LogP contribution in [0.4, 0.5) is 0 Å². The number of aryl methyl sites for hydroxylation is 1. The second kappa shape index (κ2) is 10.3. The molecule has 2 aliphatic heterocycles. The van der Waals surface area contributed by atoms with Crippen LogP contribution < -0.4 is 5.32 Å². The molecule has 1 unspecified atom stereocenters. The molecule has 3 rings (SSSR count). The van der Waals surface area contributed by atoms with E-state index in [1.54, 1.807) is 6.33 Å². The zero-order chi connectivity index (χ0) is 16.8. The minimum Gasteiger partial charge on any atom is -0.379 e. The van der Waals surface area contributed by atoms with E-state index in [4.69, 9.17) is 9.73 Å². The van der Waals surface area contributed by atoms with Crippen molar-refractivity contribution in [3.05, 3.63) is 12.2 Å². The zero-order valence-electron chi connectivity index (χ0n) is 15.2. The molecule has 1 aromatic heterocycles. The van der Waals surface area contributed by atoms with Gasteiger partial charge in [0, 0.05) is 45.3 Å². The monoisotopic (exact) mass is 463 g/mol. The van der Waals surface area contributed by atoms with Gasteiger partial charge in [-0.05, 0) is 20.3 Å². The molecule has 3 heterocycles. The van der Waals surface area contributed by atoms with Crippen molar-refractivity contribution in [3.8, 4) is 0 Å². The maximum absolute atomic E-state index is 5.47. The van der Waals surface area contributed by atoms with E-state index in [9.17, 15) is 0 Å². The fourth-order valence-corrected chi connectivity index (χ4v) is 3.41. The van der Waals surface area contributed by atoms with Crippen LogP contribution >= 0.6 is 24.0 Å². The molecule has 8 nitrogen and oxygen atoms in total. The second-order valence-corrected chi connectivity index (χ2v) is 6.24. The summed E-state index contributed by atoms with van der Waals surface area (Å²) in [6.45, 7) is 12.4. The smallest absolute Gasteiger partial charge is 0.194 e. The van der Waals surface area contributed by atoms with E-state index in [1.165, 1.54) is 6.42 Å². The average molecular weight is 463 g/mol. The normalized spacial score (nSPS) is 22.1. The lowest BCUT2D eigenvalue weighted by Crippen LogP contribution is -2.46. The van der Waals surface area contributed by atoms with Crippen molar-refractivity contribution in [1.29, 1.82) is 0 Å². The zero-order valence-corrected chi connectivity index (χ0v) is 17.6. The number of morpholine rings is 1. The number of hydrogen-bond acceptors (Lipinski definition) is 5. The third kappa shape index (κ3) is 5.27. The van der Waals surface area contributed by atoms with Crippen molar-refractivity contribution in [3.63, 3.8) is 0 Å². The van der Waals surface area contributed by atoms with Crippen LogP contribution in [0, 0.1) is 0 Å². The van der Waals surface area contributed by atoms with Crippen LogP contribution in [-0.2, 0) is 17.8 Å². The molecule has 0 spiro atoms. The first-order valence-electron chi connectivity index (χ1n) is 9.03. The number of halogens is 1. The van der Waals surface area contributed by atoms with Gasteiger partial charge in [-0.1, -0.05) is 0 Å². The first-order chi connectivity index (χ1) is 11.8. The Morgan fingerprint density at radius 1 is 1.32 bits per heavy atom. The summed E-state index contributed by atoms with van der Waals surface area (Å²) in [6.07, 6.45) is 2.96. The Morgan fingerprint density at radius 3 is 2.84 bits per heavy atom. The highest BCUT2D eigenvalue weighted by atomic mass is 127. The van der Waals surface area contributed by atoms with Gasteiger partial charge in [0.2, 0.25) is 0 Å². The predicted octanol–water partition coefficient (Wildman–Crippen LogP) is 0.788. The van der Waals surface area contributed by atoms with Crippen LogP contribution in [0.1, 0.15) is 26.1 Å². The van der Waals surface area contributed by atoms with E-state index >= 15 is 0 Å². The first kappa shape index (κ1) is 20.4. The Labute approximate surface area is 167 Å². The number of likely N-dealkylation sites (tertiary alicyclic amines) is 1. The van der Waals surface area contributed by atoms with Gasteiger partial charge in [-0.25, -0.2) is 4.99 Å². The molecule has 2 fully saturated rings. The van der Waals surface area contributed by atoms with Crippen LogP contribution in [0.3, 0.4) is 0 Å². The summed E-state index contributed by atoms with van der Waals surface area (Å²) in [5.41, 5.74) is 0. The quantitative estimate of drug-likeness (QED) is 0.396. The highest BCUT2D eigenvalue weighted by molar-refractivity contribution is 14.0. The lowest BCUT2D eigenvalue weighted by Gasteiger charge is -2.32. The molecule has 2 saturated heterocycles. The average Bonchev–Trinajstić information content (AvgIpc) is 3.28. The molecule has 0 aliphatic carbocycles. The van der Waals surface area contributed by atoms with Gasteiger partial charge in [0.15, 0.2) is 11.8 Å². The highest BCUT2D eigenvalue weighted by Gasteiger charge is 2.30. The van der Waals surface area contributed by atoms with Crippen LogP contribution in [0.5, 0.6) is 0 Å². The number of nitrogens with one attached hydrogen (secondary N) is 1. The summed E-state index contributed by atoms with van der Waals surface area (Å²) in [4.78, 5) is 9.72. The summed E-state index contributed by atoms with van der Waals surface area (Å²) in [6, 6.07) is 0.608. The highest BCUT2D eigenvalue weighted by Crippen LogP contribution is 2.17. The Kier molecular flexibility index (Phi) is 8.37. The predicted molar refractivity (Wildman–Crippen MR) is 108 cm³/mol. The molecule has 1 atom stereocenters. The standard InChI is InChI=1S/C16H29N7O.HI/c1-3-17-16(18-11-15-20-19-13-21(15)4-2)23-6-5-14(12-23)22-7-9-24-10-8-22;/h13-14H,3-12H2,1-2H3,(H,17,18);1H. The molecular weight excluding hydrogens is 433 g/mol. The van der Waals surface area contributed by atoms with Gasteiger partial charge in [-0.3, -0.25) is 4.90 Å². The molecule has 1 aromatic rings. The topological polar surface area (TPSA) is 70.8 Å². The largest absolute Gasteiger partial charge is 0.379 e. The summed E-state index contributed by atoms with van der Waals surface area (Å²) in [7, 11) is 0. The number of rotatable bonds is 5. The van der Waals surface area contributed by atoms with Gasteiger partial charge in [-0.15, -0.1) is 34.2 Å². The SMILES string of the molecule is CCNC(=NCc1nncn1CC)N1CCC(N2CCOCC2)C1.I. The van der Waals surface area contributed by atoms with Gasteiger partial charge >= 0.3 is 0 Å². The van der Waals surface area contributed by atoms with Crippen molar-refractivity contribution in [2.45, 2.75) is 39.4 Å². The summed E-state index contributed by atoms with van der Waals surface area (Å²) >= 11 is 0. The Morgan fingerprint density at radius 2 is 2.12 bits per heavy atom. The van der Waals surface area contributed by atoms with Gasteiger partial charge in [0.25, 0.3) is 0 Å². The fourth-order valence-electron chi connectivity index (χ4n) is 3.41. The van der Waals surface area contributed by atoms with E-state index in [2.05, 4.69) is 39.2 Å². The van der Waals surface area contributed by atoms with Crippen molar-refractivity contribution in [2.24, 2.45) is 4.99 Å². The molecule has 1 N–H and O–H groups in total. The van der Waals surface area contributed by atoms with Crippen molar-refractivity contribution >= 4 is 29.9 Å².